The molecule has 1 N–H and O–H groups in total. The van der Waals surface area contributed by atoms with E-state index in [0.717, 1.165) is 9.37 Å². The Balaban J connectivity index is 2.03. The number of halogens is 2. The summed E-state index contributed by atoms with van der Waals surface area (Å²) in [5, 5.41) is 9.98. The first-order valence-corrected chi connectivity index (χ1v) is 7.26. The van der Waals surface area contributed by atoms with Crippen LogP contribution in [-0.2, 0) is 0 Å². The van der Waals surface area contributed by atoms with Gasteiger partial charge in [0.15, 0.2) is 0 Å². The zero-order valence-corrected chi connectivity index (χ0v) is 11.9. The molecule has 0 amide bonds. The number of hydrogen-bond donors (Lipinski definition) is 1. The van der Waals surface area contributed by atoms with Crippen molar-refractivity contribution in [3.8, 4) is 0 Å². The van der Waals surface area contributed by atoms with Gasteiger partial charge in [-0.05, 0) is 34.1 Å². The van der Waals surface area contributed by atoms with Gasteiger partial charge in [-0.3, -0.25) is 0 Å². The van der Waals surface area contributed by atoms with Crippen LogP contribution in [-0.4, -0.2) is 10.9 Å². The highest BCUT2D eigenvalue weighted by atomic mass is 79.9. The Morgan fingerprint density at radius 1 is 1.11 bits per heavy atom. The van der Waals surface area contributed by atoms with Crippen molar-refractivity contribution in [2.45, 2.75) is 11.0 Å². The predicted molar refractivity (Wildman–Crippen MR) is 76.2 cm³/mol. The van der Waals surface area contributed by atoms with Gasteiger partial charge in [-0.25, -0.2) is 4.39 Å². The lowest BCUT2D eigenvalue weighted by Crippen LogP contribution is -2.03. The van der Waals surface area contributed by atoms with E-state index < -0.39 is 6.10 Å². The van der Waals surface area contributed by atoms with Gasteiger partial charge in [-0.15, -0.1) is 11.8 Å². The summed E-state index contributed by atoms with van der Waals surface area (Å²) in [4.78, 5) is 1.04. The SMILES string of the molecule is OC(CSc1ccccc1Br)c1ccccc1F. The second-order valence-corrected chi connectivity index (χ2v) is 5.69. The smallest absolute Gasteiger partial charge is 0.129 e. The summed E-state index contributed by atoms with van der Waals surface area (Å²) >= 11 is 4.94. The van der Waals surface area contributed by atoms with Gasteiger partial charge in [0.05, 0.1) is 6.10 Å². The first-order valence-electron chi connectivity index (χ1n) is 5.48. The summed E-state index contributed by atoms with van der Waals surface area (Å²) < 4.78 is 14.4. The Morgan fingerprint density at radius 3 is 2.50 bits per heavy atom. The Morgan fingerprint density at radius 2 is 1.78 bits per heavy atom. The standard InChI is InChI=1S/C14H12BrFOS/c15-11-6-2-4-8-14(11)18-9-13(17)10-5-1-3-7-12(10)16/h1-8,13,17H,9H2. The van der Waals surface area contributed by atoms with E-state index in [2.05, 4.69) is 15.9 Å². The van der Waals surface area contributed by atoms with Crippen molar-refractivity contribution >= 4 is 27.7 Å². The molecule has 0 bridgehead atoms. The molecule has 0 saturated carbocycles. The maximum absolute atomic E-state index is 13.5. The van der Waals surface area contributed by atoms with Crippen molar-refractivity contribution in [2.75, 3.05) is 5.75 Å². The van der Waals surface area contributed by atoms with Crippen molar-refractivity contribution in [2.24, 2.45) is 0 Å². The summed E-state index contributed by atoms with van der Waals surface area (Å²) in [6, 6.07) is 14.1. The molecule has 0 radical (unpaired) electrons. The van der Waals surface area contributed by atoms with Gasteiger partial charge in [0.25, 0.3) is 0 Å². The number of thioether (sulfide) groups is 1. The lowest BCUT2D eigenvalue weighted by atomic mass is 10.1. The molecule has 0 aliphatic carbocycles. The molecule has 0 aliphatic heterocycles. The van der Waals surface area contributed by atoms with Gasteiger partial charge in [0, 0.05) is 20.7 Å². The van der Waals surface area contributed by atoms with E-state index in [4.69, 9.17) is 0 Å². The minimum Gasteiger partial charge on any atom is -0.387 e. The molecular formula is C14H12BrFOS. The molecule has 2 aromatic carbocycles. The molecule has 1 unspecified atom stereocenters. The van der Waals surface area contributed by atoms with Crippen LogP contribution in [0.2, 0.25) is 0 Å². The topological polar surface area (TPSA) is 20.2 Å². The van der Waals surface area contributed by atoms with E-state index in [9.17, 15) is 9.50 Å². The van der Waals surface area contributed by atoms with Crippen LogP contribution in [0.15, 0.2) is 57.9 Å². The third kappa shape index (κ3) is 3.34. The summed E-state index contributed by atoms with van der Waals surface area (Å²) in [6.45, 7) is 0. The van der Waals surface area contributed by atoms with E-state index in [1.54, 1.807) is 18.2 Å². The number of aliphatic hydroxyl groups excluding tert-OH is 1. The molecule has 0 spiro atoms. The Labute approximate surface area is 118 Å². The molecule has 2 aromatic rings. The fraction of sp³-hybridized carbons (Fsp3) is 0.143. The third-order valence-corrected chi connectivity index (χ3v) is 4.60. The molecule has 0 saturated heterocycles. The summed E-state index contributed by atoms with van der Waals surface area (Å²) in [5.74, 6) is 0.0570. The lowest BCUT2D eigenvalue weighted by Gasteiger charge is -2.12. The highest BCUT2D eigenvalue weighted by molar-refractivity contribution is 9.10. The maximum Gasteiger partial charge on any atom is 0.129 e. The maximum atomic E-state index is 13.5. The van der Waals surface area contributed by atoms with Crippen LogP contribution in [0.3, 0.4) is 0 Å². The largest absolute Gasteiger partial charge is 0.387 e. The van der Waals surface area contributed by atoms with Crippen LogP contribution in [0.5, 0.6) is 0 Å². The molecule has 1 atom stereocenters. The van der Waals surface area contributed by atoms with Crippen molar-refractivity contribution in [1.82, 2.24) is 0 Å². The van der Waals surface area contributed by atoms with E-state index in [1.807, 2.05) is 24.3 Å². The Hall–Kier alpha value is -0.840. The molecule has 1 nitrogen and oxygen atoms in total. The lowest BCUT2D eigenvalue weighted by molar-refractivity contribution is 0.199. The van der Waals surface area contributed by atoms with Crippen molar-refractivity contribution in [1.29, 1.82) is 0 Å². The second kappa shape index (κ2) is 6.36. The van der Waals surface area contributed by atoms with Gasteiger partial charge in [-0.2, -0.15) is 0 Å². The number of hydrogen-bond acceptors (Lipinski definition) is 2. The highest BCUT2D eigenvalue weighted by Gasteiger charge is 2.13. The Bertz CT molecular complexity index is 533. The van der Waals surface area contributed by atoms with Gasteiger partial charge >= 0.3 is 0 Å². The minimum absolute atomic E-state index is 0.344. The van der Waals surface area contributed by atoms with E-state index in [1.165, 1.54) is 17.8 Å². The number of benzene rings is 2. The average molecular weight is 327 g/mol. The summed E-state index contributed by atoms with van der Waals surface area (Å²) in [5.41, 5.74) is 0.344. The quantitative estimate of drug-likeness (QED) is 0.839. The van der Waals surface area contributed by atoms with Crippen LogP contribution in [0.4, 0.5) is 4.39 Å². The van der Waals surface area contributed by atoms with Crippen LogP contribution in [0.25, 0.3) is 0 Å². The van der Waals surface area contributed by atoms with Crippen LogP contribution < -0.4 is 0 Å². The van der Waals surface area contributed by atoms with Gasteiger partial charge < -0.3 is 5.11 Å². The number of aliphatic hydroxyl groups is 1. The second-order valence-electron chi connectivity index (χ2n) is 3.78. The highest BCUT2D eigenvalue weighted by Crippen LogP contribution is 2.30. The molecule has 0 fully saturated rings. The van der Waals surface area contributed by atoms with E-state index in [0.29, 0.717) is 11.3 Å². The normalized spacial score (nSPS) is 12.4. The van der Waals surface area contributed by atoms with Gasteiger partial charge in [0.1, 0.15) is 5.82 Å². The predicted octanol–water partition coefficient (Wildman–Crippen LogP) is 4.41. The molecule has 18 heavy (non-hydrogen) atoms. The van der Waals surface area contributed by atoms with Crippen LogP contribution in [0.1, 0.15) is 11.7 Å². The molecule has 0 aliphatic rings. The zero-order valence-electron chi connectivity index (χ0n) is 9.51. The zero-order chi connectivity index (χ0) is 13.0. The first-order chi connectivity index (χ1) is 8.68. The monoisotopic (exact) mass is 326 g/mol. The van der Waals surface area contributed by atoms with Crippen LogP contribution >= 0.6 is 27.7 Å². The van der Waals surface area contributed by atoms with Crippen LogP contribution in [0, 0.1) is 5.82 Å². The summed E-state index contributed by atoms with van der Waals surface area (Å²) in [7, 11) is 0. The molecule has 94 valence electrons. The van der Waals surface area contributed by atoms with Crippen molar-refractivity contribution < 1.29 is 9.50 Å². The average Bonchev–Trinajstić information content (AvgIpc) is 2.38. The molecule has 2 rings (SSSR count). The fourth-order valence-corrected chi connectivity index (χ4v) is 3.09. The van der Waals surface area contributed by atoms with Crippen molar-refractivity contribution in [3.05, 3.63) is 64.4 Å². The summed E-state index contributed by atoms with van der Waals surface area (Å²) in [6.07, 6.45) is -0.802. The molecule has 4 heteroatoms. The molecule has 0 aromatic heterocycles. The number of rotatable bonds is 4. The first kappa shape index (κ1) is 13.6. The van der Waals surface area contributed by atoms with Gasteiger partial charge in [-0.1, -0.05) is 30.3 Å². The van der Waals surface area contributed by atoms with Crippen molar-refractivity contribution in [3.63, 3.8) is 0 Å². The van der Waals surface area contributed by atoms with Gasteiger partial charge in [0.2, 0.25) is 0 Å². The van der Waals surface area contributed by atoms with E-state index in [-0.39, 0.29) is 5.82 Å². The third-order valence-electron chi connectivity index (χ3n) is 2.50. The molecular weight excluding hydrogens is 315 g/mol. The molecule has 0 heterocycles. The minimum atomic E-state index is -0.802. The fourth-order valence-electron chi connectivity index (χ4n) is 1.57. The Kier molecular flexibility index (Phi) is 4.80. The van der Waals surface area contributed by atoms with E-state index >= 15 is 0 Å².